The van der Waals surface area contributed by atoms with Crippen molar-refractivity contribution in [1.82, 2.24) is 0 Å². The van der Waals surface area contributed by atoms with E-state index in [4.69, 9.17) is 4.74 Å². The Morgan fingerprint density at radius 1 is 1.09 bits per heavy atom. The van der Waals surface area contributed by atoms with Crippen molar-refractivity contribution in [3.05, 3.63) is 89.8 Å². The lowest BCUT2D eigenvalue weighted by molar-refractivity contribution is 0.223. The molecule has 0 radical (unpaired) electrons. The van der Waals surface area contributed by atoms with Gasteiger partial charge in [-0.2, -0.15) is 4.39 Å². The molecule has 0 saturated carbocycles. The standard InChI is InChI=1S/C30H38F4O/c1-7-23-12-15-24(16-13-23)26-18-17-25(29(33)30(26)34)14-10-19(3)9-11-20(4)21(5)27(31)28(32)22(6)35-8-2/h7,15,17-20,23H,1,5-6,8-14,16H2,2-4H3/b28-27-. The highest BCUT2D eigenvalue weighted by molar-refractivity contribution is 5.67. The van der Waals surface area contributed by atoms with E-state index in [0.717, 1.165) is 24.8 Å². The fraction of sp³-hybridized carbons (Fsp3) is 0.467. The van der Waals surface area contributed by atoms with Crippen LogP contribution in [0.25, 0.3) is 5.57 Å². The van der Waals surface area contributed by atoms with Crippen LogP contribution in [-0.2, 0) is 11.2 Å². The normalized spacial score (nSPS) is 18.3. The van der Waals surface area contributed by atoms with Gasteiger partial charge in [0, 0.05) is 5.56 Å². The van der Waals surface area contributed by atoms with E-state index in [1.165, 1.54) is 0 Å². The van der Waals surface area contributed by atoms with E-state index in [0.29, 0.717) is 42.7 Å². The van der Waals surface area contributed by atoms with E-state index in [-0.39, 0.29) is 29.8 Å². The molecule has 0 heterocycles. The van der Waals surface area contributed by atoms with Crippen molar-refractivity contribution in [3.63, 3.8) is 0 Å². The van der Waals surface area contributed by atoms with Gasteiger partial charge in [-0.1, -0.05) is 57.7 Å². The third-order valence-electron chi connectivity index (χ3n) is 6.92. The Balaban J connectivity index is 1.92. The summed E-state index contributed by atoms with van der Waals surface area (Å²) in [6.07, 6.45) is 8.70. The summed E-state index contributed by atoms with van der Waals surface area (Å²) < 4.78 is 63.0. The summed E-state index contributed by atoms with van der Waals surface area (Å²) in [6.45, 7) is 16.6. The molecule has 35 heavy (non-hydrogen) atoms. The molecule has 1 aromatic rings. The quantitative estimate of drug-likeness (QED) is 0.116. The van der Waals surface area contributed by atoms with E-state index < -0.39 is 23.3 Å². The summed E-state index contributed by atoms with van der Waals surface area (Å²) in [4.78, 5) is 0. The van der Waals surface area contributed by atoms with Crippen LogP contribution in [0, 0.1) is 29.4 Å². The van der Waals surface area contributed by atoms with Crippen LogP contribution in [0.1, 0.15) is 70.4 Å². The van der Waals surface area contributed by atoms with Gasteiger partial charge < -0.3 is 4.74 Å². The van der Waals surface area contributed by atoms with Gasteiger partial charge in [-0.05, 0) is 79.9 Å². The molecule has 1 aliphatic carbocycles. The summed E-state index contributed by atoms with van der Waals surface area (Å²) >= 11 is 0. The molecule has 0 N–H and O–H groups in total. The zero-order valence-electron chi connectivity index (χ0n) is 21.2. The summed E-state index contributed by atoms with van der Waals surface area (Å²) in [5.74, 6) is -3.74. The summed E-state index contributed by atoms with van der Waals surface area (Å²) in [6, 6.07) is 3.36. The Morgan fingerprint density at radius 2 is 1.80 bits per heavy atom. The lowest BCUT2D eigenvalue weighted by atomic mass is 9.86. The van der Waals surface area contributed by atoms with Gasteiger partial charge in [0.15, 0.2) is 29.0 Å². The first-order chi connectivity index (χ1) is 16.6. The molecule has 5 heteroatoms. The van der Waals surface area contributed by atoms with Gasteiger partial charge in [0.2, 0.25) is 0 Å². The number of aryl methyl sites for hydroxylation is 1. The van der Waals surface area contributed by atoms with Crippen LogP contribution in [0.5, 0.6) is 0 Å². The van der Waals surface area contributed by atoms with Gasteiger partial charge in [-0.3, -0.25) is 0 Å². The molecular formula is C30H38F4O. The highest BCUT2D eigenvalue weighted by atomic mass is 19.2. The molecule has 1 aliphatic rings. The van der Waals surface area contributed by atoms with Crippen LogP contribution in [0.4, 0.5) is 17.6 Å². The highest BCUT2D eigenvalue weighted by Gasteiger charge is 2.21. The van der Waals surface area contributed by atoms with Gasteiger partial charge in [0.1, 0.15) is 0 Å². The fourth-order valence-corrected chi connectivity index (χ4v) is 4.32. The monoisotopic (exact) mass is 490 g/mol. The molecule has 0 amide bonds. The van der Waals surface area contributed by atoms with Gasteiger partial charge in [0.05, 0.1) is 6.61 Å². The number of benzene rings is 1. The maximum atomic E-state index is 14.8. The van der Waals surface area contributed by atoms with Crippen molar-refractivity contribution >= 4 is 5.57 Å². The van der Waals surface area contributed by atoms with Crippen molar-refractivity contribution in [1.29, 1.82) is 0 Å². The highest BCUT2D eigenvalue weighted by Crippen LogP contribution is 2.34. The lowest BCUT2D eigenvalue weighted by Gasteiger charge is -2.20. The molecule has 1 aromatic carbocycles. The first-order valence-electron chi connectivity index (χ1n) is 12.5. The molecule has 0 aromatic heterocycles. The fourth-order valence-electron chi connectivity index (χ4n) is 4.32. The first-order valence-corrected chi connectivity index (χ1v) is 12.5. The number of rotatable bonds is 13. The Labute approximate surface area is 208 Å². The van der Waals surface area contributed by atoms with Crippen molar-refractivity contribution in [2.24, 2.45) is 17.8 Å². The van der Waals surface area contributed by atoms with Crippen LogP contribution in [0.15, 0.2) is 67.0 Å². The minimum atomic E-state index is -1.12. The molecule has 2 rings (SSSR count). The van der Waals surface area contributed by atoms with Gasteiger partial charge >= 0.3 is 0 Å². The second-order valence-corrected chi connectivity index (χ2v) is 9.53. The summed E-state index contributed by atoms with van der Waals surface area (Å²) in [5.41, 5.74) is 1.64. The zero-order valence-corrected chi connectivity index (χ0v) is 21.2. The Morgan fingerprint density at radius 3 is 2.40 bits per heavy atom. The smallest absolute Gasteiger partial charge is 0.200 e. The maximum Gasteiger partial charge on any atom is 0.200 e. The molecule has 3 atom stereocenters. The maximum absolute atomic E-state index is 14.8. The van der Waals surface area contributed by atoms with E-state index in [1.807, 2.05) is 19.1 Å². The minimum absolute atomic E-state index is 0.0654. The molecule has 3 unspecified atom stereocenters. The van der Waals surface area contributed by atoms with Gasteiger partial charge in [0.25, 0.3) is 0 Å². The van der Waals surface area contributed by atoms with Crippen LogP contribution in [0.2, 0.25) is 0 Å². The Bertz CT molecular complexity index is 988. The van der Waals surface area contributed by atoms with Crippen LogP contribution < -0.4 is 0 Å². The van der Waals surface area contributed by atoms with Crippen LogP contribution >= 0.6 is 0 Å². The largest absolute Gasteiger partial charge is 0.491 e. The second-order valence-electron chi connectivity index (χ2n) is 9.53. The first kappa shape index (κ1) is 28.7. The number of ether oxygens (including phenoxy) is 1. The van der Waals surface area contributed by atoms with Crippen molar-refractivity contribution < 1.29 is 22.3 Å². The Kier molecular flexibility index (Phi) is 11.1. The summed E-state index contributed by atoms with van der Waals surface area (Å²) in [5, 5.41) is 0. The number of allylic oxidation sites excluding steroid dienone is 6. The van der Waals surface area contributed by atoms with E-state index in [2.05, 4.69) is 19.7 Å². The molecule has 1 nitrogen and oxygen atoms in total. The number of halogens is 4. The Hall–Kier alpha value is -2.56. The van der Waals surface area contributed by atoms with Crippen LogP contribution in [-0.4, -0.2) is 6.61 Å². The van der Waals surface area contributed by atoms with Gasteiger partial charge in [-0.15, -0.1) is 6.58 Å². The second kappa shape index (κ2) is 13.5. The third-order valence-corrected chi connectivity index (χ3v) is 6.92. The zero-order chi connectivity index (χ0) is 26.1. The molecular weight excluding hydrogens is 452 g/mol. The third kappa shape index (κ3) is 7.71. The van der Waals surface area contributed by atoms with E-state index in [9.17, 15) is 17.6 Å². The van der Waals surface area contributed by atoms with Crippen molar-refractivity contribution in [3.8, 4) is 0 Å². The summed E-state index contributed by atoms with van der Waals surface area (Å²) in [7, 11) is 0. The average molecular weight is 491 g/mol. The molecule has 192 valence electrons. The van der Waals surface area contributed by atoms with Crippen LogP contribution in [0.3, 0.4) is 0 Å². The molecule has 0 spiro atoms. The number of hydrogen-bond acceptors (Lipinski definition) is 1. The topological polar surface area (TPSA) is 9.23 Å². The van der Waals surface area contributed by atoms with E-state index >= 15 is 0 Å². The molecule has 0 aliphatic heterocycles. The minimum Gasteiger partial charge on any atom is -0.491 e. The van der Waals surface area contributed by atoms with Crippen molar-refractivity contribution in [2.75, 3.05) is 6.61 Å². The molecule has 0 saturated heterocycles. The lowest BCUT2D eigenvalue weighted by Crippen LogP contribution is -2.07. The predicted octanol–water partition coefficient (Wildman–Crippen LogP) is 9.58. The van der Waals surface area contributed by atoms with E-state index in [1.54, 1.807) is 26.0 Å². The predicted molar refractivity (Wildman–Crippen MR) is 137 cm³/mol. The number of hydrogen-bond donors (Lipinski definition) is 0. The molecule has 0 bridgehead atoms. The average Bonchev–Trinajstić information content (AvgIpc) is 2.86. The SMILES string of the molecule is C=CC1CC=C(c2ccc(CCC(C)CCC(C)C(=C)/C(F)=C(/F)C(=C)OCC)c(F)c2F)CC1. The van der Waals surface area contributed by atoms with Crippen molar-refractivity contribution in [2.45, 2.75) is 65.7 Å². The van der Waals surface area contributed by atoms with Gasteiger partial charge in [-0.25, -0.2) is 13.2 Å². The molecule has 0 fully saturated rings.